The molecule has 2 aromatic heterocycles. The number of pyridine rings is 1. The van der Waals surface area contributed by atoms with E-state index in [9.17, 15) is 0 Å². The van der Waals surface area contributed by atoms with Gasteiger partial charge in [0.15, 0.2) is 5.65 Å². The van der Waals surface area contributed by atoms with Crippen LogP contribution < -0.4 is 11.1 Å². The predicted molar refractivity (Wildman–Crippen MR) is 131 cm³/mol. The molecule has 2 aromatic rings. The van der Waals surface area contributed by atoms with Crippen LogP contribution in [0.3, 0.4) is 0 Å². The van der Waals surface area contributed by atoms with E-state index in [1.807, 2.05) is 10.9 Å². The fourth-order valence-electron chi connectivity index (χ4n) is 5.46. The molecule has 1 aliphatic heterocycles. The molecule has 10 nitrogen and oxygen atoms in total. The van der Waals surface area contributed by atoms with Gasteiger partial charge in [0.05, 0.1) is 22.5 Å². The van der Waals surface area contributed by atoms with Crippen LogP contribution in [0.15, 0.2) is 11.4 Å². The first-order valence-corrected chi connectivity index (χ1v) is 12.4. The number of carboxylic acid groups (broad SMARTS) is 2. The molecule has 2 fully saturated rings. The first kappa shape index (κ1) is 24.3. The molecule has 0 amide bonds. The molecule has 186 valence electrons. The molecule has 0 atom stereocenters. The summed E-state index contributed by atoms with van der Waals surface area (Å²) in [4.78, 5) is 19.4. The van der Waals surface area contributed by atoms with Crippen LogP contribution in [-0.2, 0) is 11.4 Å². The van der Waals surface area contributed by atoms with Crippen LogP contribution in [0.4, 0.5) is 10.5 Å². The summed E-state index contributed by atoms with van der Waals surface area (Å²) in [5, 5.41) is 28.3. The second-order valence-electron chi connectivity index (χ2n) is 9.73. The second-order valence-corrected chi connectivity index (χ2v) is 9.73. The number of oxime groups is 1. The number of anilines is 1. The molecule has 0 radical (unpaired) electrons. The molecule has 0 bridgehead atoms. The molecule has 10 heteroatoms. The molecule has 0 unspecified atom stereocenters. The Morgan fingerprint density at radius 3 is 2.56 bits per heavy atom. The molecule has 34 heavy (non-hydrogen) atoms. The van der Waals surface area contributed by atoms with Gasteiger partial charge in [-0.15, -0.1) is 0 Å². The number of carbonyl (C=O) groups is 1. The highest BCUT2D eigenvalue weighted by Gasteiger charge is 2.43. The van der Waals surface area contributed by atoms with E-state index in [1.165, 1.54) is 32.1 Å². The lowest BCUT2D eigenvalue weighted by Gasteiger charge is -2.33. The number of hydrogen-bond acceptors (Lipinski definition) is 7. The SMILES string of the molecule is CCn1nc(C)c2c(NC3CCCCC3)c(C3=NOC4(CCC(N)CC4)C3)cnc21.O=C(O)O. The third-order valence-electron chi connectivity index (χ3n) is 7.28. The first-order chi connectivity index (χ1) is 16.3. The monoisotopic (exact) mass is 472 g/mol. The topological polar surface area (TPSA) is 148 Å². The molecule has 2 aliphatic carbocycles. The van der Waals surface area contributed by atoms with E-state index in [0.717, 1.165) is 72.3 Å². The van der Waals surface area contributed by atoms with Crippen LogP contribution in [0, 0.1) is 6.92 Å². The van der Waals surface area contributed by atoms with E-state index >= 15 is 0 Å². The van der Waals surface area contributed by atoms with Gasteiger partial charge in [0.2, 0.25) is 0 Å². The van der Waals surface area contributed by atoms with Gasteiger partial charge in [0.1, 0.15) is 5.60 Å². The second kappa shape index (κ2) is 10.2. The number of aryl methyl sites for hydroxylation is 2. The lowest BCUT2D eigenvalue weighted by Crippen LogP contribution is -2.39. The largest absolute Gasteiger partial charge is 0.503 e. The van der Waals surface area contributed by atoms with E-state index in [1.54, 1.807) is 0 Å². The Bertz CT molecular complexity index is 1050. The summed E-state index contributed by atoms with van der Waals surface area (Å²) in [5.41, 5.74) is 11.2. The normalized spacial score (nSPS) is 24.9. The van der Waals surface area contributed by atoms with Gasteiger partial charge >= 0.3 is 6.16 Å². The summed E-state index contributed by atoms with van der Waals surface area (Å²) < 4.78 is 2.00. The number of rotatable bonds is 4. The van der Waals surface area contributed by atoms with E-state index < -0.39 is 6.16 Å². The number of nitrogens with one attached hydrogen (secondary N) is 1. The molecular formula is C24H36N6O4. The van der Waals surface area contributed by atoms with Gasteiger partial charge in [-0.25, -0.2) is 14.5 Å². The van der Waals surface area contributed by atoms with Gasteiger partial charge in [-0.05, 0) is 52.4 Å². The van der Waals surface area contributed by atoms with Crippen LogP contribution in [0.1, 0.15) is 82.4 Å². The maximum Gasteiger partial charge on any atom is 0.503 e. The highest BCUT2D eigenvalue weighted by atomic mass is 16.7. The van der Waals surface area contributed by atoms with Crippen molar-refractivity contribution in [2.45, 2.75) is 102 Å². The summed E-state index contributed by atoms with van der Waals surface area (Å²) in [5.74, 6) is 0. The van der Waals surface area contributed by atoms with Crippen molar-refractivity contribution in [2.24, 2.45) is 10.9 Å². The zero-order valence-corrected chi connectivity index (χ0v) is 20.1. The van der Waals surface area contributed by atoms with E-state index in [-0.39, 0.29) is 5.60 Å². The van der Waals surface area contributed by atoms with Gasteiger partial charge in [-0.3, -0.25) is 0 Å². The van der Waals surface area contributed by atoms with Crippen LogP contribution in [0.2, 0.25) is 0 Å². The standard InChI is InChI=1S/C23H34N6O.CH2O3/c1-3-29-22-20(15(2)27-29)21(26-17-7-5-4-6-8-17)18(14-25-22)19-13-23(30-28-19)11-9-16(24)10-12-23;2-1(3)4/h14,16-17H,3-13,24H2,1-2H3,(H,25,26);(H2,2,3,4). The Labute approximate surface area is 199 Å². The summed E-state index contributed by atoms with van der Waals surface area (Å²) in [6.45, 7) is 5.01. The Morgan fingerprint density at radius 2 is 1.91 bits per heavy atom. The number of aromatic nitrogens is 3. The van der Waals surface area contributed by atoms with E-state index in [2.05, 4.69) is 24.3 Å². The Hall–Kier alpha value is -2.88. The van der Waals surface area contributed by atoms with Crippen molar-refractivity contribution in [2.75, 3.05) is 5.32 Å². The predicted octanol–water partition coefficient (Wildman–Crippen LogP) is 4.49. The van der Waals surface area contributed by atoms with Crippen molar-refractivity contribution in [1.82, 2.24) is 14.8 Å². The molecule has 0 aromatic carbocycles. The summed E-state index contributed by atoms with van der Waals surface area (Å²) in [7, 11) is 0. The maximum absolute atomic E-state index is 8.56. The van der Waals surface area contributed by atoms with Crippen LogP contribution in [-0.4, -0.2) is 54.5 Å². The molecule has 5 rings (SSSR count). The number of nitrogens with zero attached hydrogens (tertiary/aromatic N) is 4. The number of fused-ring (bicyclic) bond motifs is 1. The van der Waals surface area contributed by atoms with Crippen molar-refractivity contribution < 1.29 is 19.8 Å². The van der Waals surface area contributed by atoms with Crippen molar-refractivity contribution >= 4 is 28.6 Å². The Balaban J connectivity index is 0.000000636. The fourth-order valence-corrected chi connectivity index (χ4v) is 5.46. The van der Waals surface area contributed by atoms with Crippen molar-refractivity contribution in [3.63, 3.8) is 0 Å². The number of nitrogens with two attached hydrogens (primary N) is 1. The molecular weight excluding hydrogens is 436 g/mol. The van der Waals surface area contributed by atoms with Crippen LogP contribution in [0.5, 0.6) is 0 Å². The Kier molecular flexibility index (Phi) is 7.25. The van der Waals surface area contributed by atoms with Gasteiger partial charge in [0.25, 0.3) is 0 Å². The van der Waals surface area contributed by atoms with Gasteiger partial charge in [-0.2, -0.15) is 5.10 Å². The summed E-state index contributed by atoms with van der Waals surface area (Å²) >= 11 is 0. The number of hydrogen-bond donors (Lipinski definition) is 4. The highest BCUT2D eigenvalue weighted by Crippen LogP contribution is 2.41. The first-order valence-electron chi connectivity index (χ1n) is 12.4. The summed E-state index contributed by atoms with van der Waals surface area (Å²) in [6, 6.07) is 0.796. The van der Waals surface area contributed by atoms with E-state index in [0.29, 0.717) is 12.1 Å². The molecule has 3 aliphatic rings. The van der Waals surface area contributed by atoms with Crippen LogP contribution in [0.25, 0.3) is 11.0 Å². The molecule has 0 saturated heterocycles. The smallest absolute Gasteiger partial charge is 0.450 e. The van der Waals surface area contributed by atoms with Gasteiger partial charge in [-0.1, -0.05) is 24.4 Å². The van der Waals surface area contributed by atoms with Crippen molar-refractivity contribution in [3.05, 3.63) is 17.5 Å². The third kappa shape index (κ3) is 5.11. The zero-order valence-electron chi connectivity index (χ0n) is 20.1. The minimum absolute atomic E-state index is 0.176. The van der Waals surface area contributed by atoms with Crippen molar-refractivity contribution in [1.29, 1.82) is 0 Å². The maximum atomic E-state index is 8.56. The van der Waals surface area contributed by atoms with Crippen molar-refractivity contribution in [3.8, 4) is 0 Å². The molecule has 3 heterocycles. The van der Waals surface area contributed by atoms with Crippen LogP contribution >= 0.6 is 0 Å². The lowest BCUT2D eigenvalue weighted by atomic mass is 9.79. The fraction of sp³-hybridized carbons (Fsp3) is 0.667. The summed E-state index contributed by atoms with van der Waals surface area (Å²) in [6.07, 6.45) is 11.3. The van der Waals surface area contributed by atoms with Gasteiger partial charge in [0, 0.05) is 36.8 Å². The third-order valence-corrected chi connectivity index (χ3v) is 7.28. The molecule has 5 N–H and O–H groups in total. The minimum atomic E-state index is -1.83. The highest BCUT2D eigenvalue weighted by molar-refractivity contribution is 6.11. The average Bonchev–Trinajstić information content (AvgIpc) is 3.38. The van der Waals surface area contributed by atoms with E-state index in [4.69, 9.17) is 35.7 Å². The molecule has 1 spiro atoms. The average molecular weight is 473 g/mol. The molecule has 2 saturated carbocycles. The Morgan fingerprint density at radius 1 is 1.24 bits per heavy atom. The quantitative estimate of drug-likeness (QED) is 0.509. The minimum Gasteiger partial charge on any atom is -0.450 e. The zero-order chi connectivity index (χ0) is 24.3. The lowest BCUT2D eigenvalue weighted by molar-refractivity contribution is -0.0478. The van der Waals surface area contributed by atoms with Gasteiger partial charge < -0.3 is 26.1 Å².